The molecule has 0 aromatic heterocycles. The van der Waals surface area contributed by atoms with E-state index >= 15 is 0 Å². The Morgan fingerprint density at radius 1 is 0.667 bits per heavy atom. The molecule has 1 fully saturated rings. The van der Waals surface area contributed by atoms with Crippen molar-refractivity contribution >= 4 is 5.91 Å². The summed E-state index contributed by atoms with van der Waals surface area (Å²) in [6.45, 7) is 1.46. The molecule has 3 aromatic carbocycles. The van der Waals surface area contributed by atoms with E-state index in [1.165, 1.54) is 0 Å². The molecule has 4 rings (SSSR count). The number of nitrogens with one attached hydrogen (secondary N) is 1. The normalized spacial score (nSPS) is 22.6. The molecule has 1 heterocycles. The second-order valence-electron chi connectivity index (χ2n) is 8.16. The number of carbonyl (C=O) groups is 1. The summed E-state index contributed by atoms with van der Waals surface area (Å²) in [5, 5.41) is 2.97. The number of ether oxygens (including phenoxy) is 3. The number of hydrogen-bond acceptors (Lipinski definition) is 5. The van der Waals surface area contributed by atoms with Gasteiger partial charge in [0.1, 0.15) is 18.2 Å². The summed E-state index contributed by atoms with van der Waals surface area (Å²) in [4.78, 5) is 12.7. The second-order valence-corrected chi connectivity index (χ2v) is 8.16. The van der Waals surface area contributed by atoms with Gasteiger partial charge in [0, 0.05) is 0 Å². The Hall–Kier alpha value is -3.03. The lowest BCUT2D eigenvalue weighted by atomic mass is 9.93. The van der Waals surface area contributed by atoms with E-state index in [-0.39, 0.29) is 18.6 Å². The largest absolute Gasteiger partial charge is 0.375 e. The number of nitrogens with two attached hydrogens (primary N) is 1. The number of benzene rings is 3. The Morgan fingerprint density at radius 3 is 1.64 bits per heavy atom. The first kappa shape index (κ1) is 23.1. The maximum Gasteiger partial charge on any atom is 0.240 e. The average molecular weight is 447 g/mol. The maximum atomic E-state index is 12.7. The first-order valence-electron chi connectivity index (χ1n) is 11.2. The third-order valence-electron chi connectivity index (χ3n) is 5.68. The highest BCUT2D eigenvalue weighted by Crippen LogP contribution is 2.21. The molecular weight excluding hydrogens is 416 g/mol. The van der Waals surface area contributed by atoms with E-state index in [2.05, 4.69) is 5.32 Å². The zero-order valence-corrected chi connectivity index (χ0v) is 18.5. The van der Waals surface area contributed by atoms with Crippen LogP contribution in [0.25, 0.3) is 0 Å². The first-order valence-corrected chi connectivity index (χ1v) is 11.2. The summed E-state index contributed by atoms with van der Waals surface area (Å²) in [7, 11) is 0. The van der Waals surface area contributed by atoms with Crippen molar-refractivity contribution in [3.05, 3.63) is 108 Å². The van der Waals surface area contributed by atoms with Gasteiger partial charge in [-0.05, 0) is 16.7 Å². The zero-order valence-electron chi connectivity index (χ0n) is 18.5. The highest BCUT2D eigenvalue weighted by atomic mass is 16.5. The van der Waals surface area contributed by atoms with Gasteiger partial charge in [0.25, 0.3) is 0 Å². The summed E-state index contributed by atoms with van der Waals surface area (Å²) < 4.78 is 18.4. The molecule has 1 aliphatic rings. The fourth-order valence-corrected chi connectivity index (χ4v) is 3.90. The van der Waals surface area contributed by atoms with E-state index in [0.717, 1.165) is 16.7 Å². The Bertz CT molecular complexity index is 985. The molecule has 0 spiro atoms. The van der Waals surface area contributed by atoms with Gasteiger partial charge < -0.3 is 25.3 Å². The van der Waals surface area contributed by atoms with Crippen molar-refractivity contribution in [2.75, 3.05) is 6.61 Å². The molecule has 3 N–H and O–H groups in total. The summed E-state index contributed by atoms with van der Waals surface area (Å²) in [6, 6.07) is 28.4. The van der Waals surface area contributed by atoms with Crippen LogP contribution < -0.4 is 11.1 Å². The fourth-order valence-electron chi connectivity index (χ4n) is 3.90. The summed E-state index contributed by atoms with van der Waals surface area (Å²) >= 11 is 0. The van der Waals surface area contributed by atoms with E-state index in [0.29, 0.717) is 19.8 Å². The van der Waals surface area contributed by atoms with Crippen LogP contribution in [0.5, 0.6) is 0 Å². The molecule has 0 unspecified atom stereocenters. The van der Waals surface area contributed by atoms with Crippen molar-refractivity contribution in [2.45, 2.75) is 44.1 Å². The lowest BCUT2D eigenvalue weighted by Crippen LogP contribution is -2.68. The van der Waals surface area contributed by atoms with Crippen LogP contribution >= 0.6 is 0 Å². The Morgan fingerprint density at radius 2 is 1.12 bits per heavy atom. The number of hydrogen-bond donors (Lipinski definition) is 2. The van der Waals surface area contributed by atoms with Gasteiger partial charge in [0.2, 0.25) is 5.91 Å². The molecule has 4 atom stereocenters. The van der Waals surface area contributed by atoms with Crippen LogP contribution in [0.15, 0.2) is 91.0 Å². The summed E-state index contributed by atoms with van der Waals surface area (Å²) in [5.41, 5.74) is 9.38. The van der Waals surface area contributed by atoms with E-state index in [9.17, 15) is 4.79 Å². The molecule has 0 bridgehead atoms. The van der Waals surface area contributed by atoms with Crippen LogP contribution in [0.4, 0.5) is 0 Å². The second kappa shape index (κ2) is 11.7. The van der Waals surface area contributed by atoms with Gasteiger partial charge in [-0.3, -0.25) is 4.79 Å². The molecule has 0 radical (unpaired) electrons. The van der Waals surface area contributed by atoms with Gasteiger partial charge >= 0.3 is 0 Å². The molecule has 6 nitrogen and oxygen atoms in total. The molecule has 1 aliphatic heterocycles. The minimum Gasteiger partial charge on any atom is -0.375 e. The quantitative estimate of drug-likeness (QED) is 0.500. The molecule has 0 saturated carbocycles. The lowest BCUT2D eigenvalue weighted by Gasteiger charge is -2.41. The highest BCUT2D eigenvalue weighted by molar-refractivity contribution is 5.83. The number of carbonyl (C=O) groups excluding carboxylic acids is 1. The van der Waals surface area contributed by atoms with Crippen molar-refractivity contribution in [1.29, 1.82) is 0 Å². The topological polar surface area (TPSA) is 82.8 Å². The van der Waals surface area contributed by atoms with Crippen LogP contribution in [-0.4, -0.2) is 36.8 Å². The molecule has 172 valence electrons. The molecule has 0 aliphatic carbocycles. The van der Waals surface area contributed by atoms with E-state index < -0.39 is 18.2 Å². The van der Waals surface area contributed by atoms with Gasteiger partial charge in [-0.1, -0.05) is 91.0 Å². The van der Waals surface area contributed by atoms with Crippen molar-refractivity contribution in [1.82, 2.24) is 5.32 Å². The van der Waals surface area contributed by atoms with Gasteiger partial charge in [-0.25, -0.2) is 0 Å². The number of rotatable bonds is 10. The Kier molecular flexibility index (Phi) is 8.22. The molecule has 1 amide bonds. The standard InChI is InChI=1S/C27H30N2O4/c28-24-26(33-18-22-14-8-3-9-15-22)25(32-17-21-12-6-2-7-13-21)23(29-27(24)30)19-31-16-20-10-4-1-5-11-20/h1-15,23-26H,16-19,28H2,(H,29,30)/t23-,24-,25+,26+/m1/s1. The average Bonchev–Trinajstić information content (AvgIpc) is 2.86. The third kappa shape index (κ3) is 6.49. The maximum absolute atomic E-state index is 12.7. The van der Waals surface area contributed by atoms with Gasteiger partial charge in [-0.2, -0.15) is 0 Å². The van der Waals surface area contributed by atoms with E-state index in [4.69, 9.17) is 19.9 Å². The minimum absolute atomic E-state index is 0.263. The molecule has 33 heavy (non-hydrogen) atoms. The van der Waals surface area contributed by atoms with Crippen molar-refractivity contribution < 1.29 is 19.0 Å². The van der Waals surface area contributed by atoms with Gasteiger partial charge in [0.05, 0.1) is 32.5 Å². The predicted molar refractivity (Wildman–Crippen MR) is 126 cm³/mol. The third-order valence-corrected chi connectivity index (χ3v) is 5.68. The van der Waals surface area contributed by atoms with Crippen LogP contribution in [0, 0.1) is 0 Å². The van der Waals surface area contributed by atoms with Crippen LogP contribution in [0.2, 0.25) is 0 Å². The van der Waals surface area contributed by atoms with E-state index in [1.807, 2.05) is 91.0 Å². The van der Waals surface area contributed by atoms with Gasteiger partial charge in [0.15, 0.2) is 0 Å². The Labute approximate surface area is 194 Å². The van der Waals surface area contributed by atoms with Crippen molar-refractivity contribution in [3.8, 4) is 0 Å². The summed E-state index contributed by atoms with van der Waals surface area (Å²) in [5.74, 6) is -0.263. The predicted octanol–water partition coefficient (Wildman–Crippen LogP) is 3.20. The lowest BCUT2D eigenvalue weighted by molar-refractivity contribution is -0.157. The van der Waals surface area contributed by atoms with Crippen LogP contribution in [-0.2, 0) is 38.8 Å². The minimum atomic E-state index is -0.833. The molecular formula is C27H30N2O4. The van der Waals surface area contributed by atoms with E-state index in [1.54, 1.807) is 0 Å². The number of amides is 1. The van der Waals surface area contributed by atoms with Crippen molar-refractivity contribution in [3.63, 3.8) is 0 Å². The van der Waals surface area contributed by atoms with Crippen LogP contribution in [0.3, 0.4) is 0 Å². The highest BCUT2D eigenvalue weighted by Gasteiger charge is 2.44. The molecule has 1 saturated heterocycles. The summed E-state index contributed by atoms with van der Waals surface area (Å²) in [6.07, 6.45) is -1.06. The smallest absolute Gasteiger partial charge is 0.240 e. The van der Waals surface area contributed by atoms with Crippen LogP contribution in [0.1, 0.15) is 16.7 Å². The zero-order chi connectivity index (χ0) is 22.9. The monoisotopic (exact) mass is 446 g/mol. The molecule has 3 aromatic rings. The fraction of sp³-hybridized carbons (Fsp3) is 0.296. The van der Waals surface area contributed by atoms with Crippen molar-refractivity contribution in [2.24, 2.45) is 5.73 Å². The Balaban J connectivity index is 1.46. The number of piperidine rings is 1. The molecule has 6 heteroatoms. The first-order chi connectivity index (χ1) is 16.2. The van der Waals surface area contributed by atoms with Gasteiger partial charge in [-0.15, -0.1) is 0 Å². The SMILES string of the molecule is N[C@H]1C(=O)N[C@H](COCc2ccccc2)[C@H](OCc2ccccc2)[C@H]1OCc1ccccc1.